The van der Waals surface area contributed by atoms with Gasteiger partial charge in [-0.15, -0.1) is 10.2 Å². The molecular weight excluding hydrogens is 430 g/mol. The average Bonchev–Trinajstić information content (AvgIpc) is 3.42. The summed E-state index contributed by atoms with van der Waals surface area (Å²) in [6, 6.07) is 3.76. The van der Waals surface area contributed by atoms with Crippen molar-refractivity contribution < 1.29 is 9.21 Å². The summed E-state index contributed by atoms with van der Waals surface area (Å²) in [5.41, 5.74) is 3.13. The number of amides is 1. The Morgan fingerprint density at radius 3 is 2.74 bits per heavy atom. The fourth-order valence-corrected chi connectivity index (χ4v) is 4.71. The molecular formula is C25H33N7O2. The molecule has 0 radical (unpaired) electrons. The molecule has 9 heteroatoms. The normalized spacial score (nSPS) is 20.3. The van der Waals surface area contributed by atoms with Gasteiger partial charge in [0.1, 0.15) is 11.5 Å². The number of pyridine rings is 1. The largest absolute Gasteiger partial charge is 0.419 e. The summed E-state index contributed by atoms with van der Waals surface area (Å²) in [6.07, 6.45) is 9.44. The number of aromatic nitrogens is 5. The van der Waals surface area contributed by atoms with Gasteiger partial charge in [0.2, 0.25) is 11.8 Å². The monoisotopic (exact) mass is 463 g/mol. The summed E-state index contributed by atoms with van der Waals surface area (Å²) in [5, 5.41) is 14.7. The van der Waals surface area contributed by atoms with E-state index in [0.29, 0.717) is 41.3 Å². The van der Waals surface area contributed by atoms with Crippen LogP contribution in [0.25, 0.3) is 11.6 Å². The molecule has 180 valence electrons. The number of allylic oxidation sites excluding steroid dienone is 1. The summed E-state index contributed by atoms with van der Waals surface area (Å²) in [5.74, 6) is 3.48. The van der Waals surface area contributed by atoms with Crippen molar-refractivity contribution in [1.29, 1.82) is 0 Å². The highest BCUT2D eigenvalue weighted by molar-refractivity contribution is 5.87. The average molecular weight is 464 g/mol. The van der Waals surface area contributed by atoms with Gasteiger partial charge in [-0.3, -0.25) is 4.79 Å². The third-order valence-corrected chi connectivity index (χ3v) is 6.62. The highest BCUT2D eigenvalue weighted by atomic mass is 16.4. The molecule has 0 spiro atoms. The van der Waals surface area contributed by atoms with Crippen LogP contribution in [0.1, 0.15) is 40.0 Å². The zero-order valence-corrected chi connectivity index (χ0v) is 20.4. The van der Waals surface area contributed by atoms with E-state index in [1.165, 1.54) is 12.5 Å². The molecule has 1 amide bonds. The van der Waals surface area contributed by atoms with Crippen LogP contribution in [-0.4, -0.2) is 37.2 Å². The van der Waals surface area contributed by atoms with Gasteiger partial charge in [0, 0.05) is 26.9 Å². The smallest absolute Gasteiger partial charge is 0.265 e. The van der Waals surface area contributed by atoms with E-state index in [4.69, 9.17) is 4.42 Å². The molecule has 0 fully saturated rings. The van der Waals surface area contributed by atoms with E-state index < -0.39 is 0 Å². The van der Waals surface area contributed by atoms with Crippen molar-refractivity contribution in [1.82, 2.24) is 24.7 Å². The Morgan fingerprint density at radius 2 is 2.09 bits per heavy atom. The topological polar surface area (TPSA) is 111 Å². The highest BCUT2D eigenvalue weighted by Gasteiger charge is 2.32. The molecule has 3 heterocycles. The molecule has 34 heavy (non-hydrogen) atoms. The van der Waals surface area contributed by atoms with Gasteiger partial charge < -0.3 is 19.6 Å². The van der Waals surface area contributed by atoms with E-state index in [0.717, 1.165) is 30.8 Å². The molecule has 4 rings (SSSR count). The number of imidazole rings is 1. The SMILES string of the molecule is CC(=O)Nc1ccc(NCC2C=C(C)C(Cc3nnc(-c4cncn4C)o3)CC2C(C)C)cn1. The molecule has 0 aliphatic heterocycles. The Bertz CT molecular complexity index is 1150. The van der Waals surface area contributed by atoms with Crippen LogP contribution in [-0.2, 0) is 18.3 Å². The van der Waals surface area contributed by atoms with E-state index in [1.807, 2.05) is 23.7 Å². The van der Waals surface area contributed by atoms with Crippen LogP contribution in [0.3, 0.4) is 0 Å². The molecule has 2 N–H and O–H groups in total. The lowest BCUT2D eigenvalue weighted by atomic mass is 9.70. The van der Waals surface area contributed by atoms with Crippen LogP contribution in [0.2, 0.25) is 0 Å². The summed E-state index contributed by atoms with van der Waals surface area (Å²) in [4.78, 5) is 19.6. The quantitative estimate of drug-likeness (QED) is 0.478. The Morgan fingerprint density at radius 1 is 1.26 bits per heavy atom. The van der Waals surface area contributed by atoms with Crippen LogP contribution in [0, 0.1) is 23.7 Å². The van der Waals surface area contributed by atoms with E-state index in [1.54, 1.807) is 18.7 Å². The van der Waals surface area contributed by atoms with Crippen molar-refractivity contribution in [2.45, 2.75) is 40.5 Å². The van der Waals surface area contributed by atoms with Crippen LogP contribution < -0.4 is 10.6 Å². The summed E-state index contributed by atoms with van der Waals surface area (Å²) >= 11 is 0. The minimum Gasteiger partial charge on any atom is -0.419 e. The molecule has 0 bridgehead atoms. The fraction of sp³-hybridized carbons (Fsp3) is 0.480. The predicted molar refractivity (Wildman–Crippen MR) is 131 cm³/mol. The zero-order chi connectivity index (χ0) is 24.2. The number of nitrogens with zero attached hydrogens (tertiary/aromatic N) is 5. The lowest BCUT2D eigenvalue weighted by molar-refractivity contribution is -0.114. The van der Waals surface area contributed by atoms with E-state index in [2.05, 4.69) is 57.6 Å². The van der Waals surface area contributed by atoms with Gasteiger partial charge in [0.05, 0.1) is 24.4 Å². The molecule has 1 aliphatic carbocycles. The van der Waals surface area contributed by atoms with Gasteiger partial charge >= 0.3 is 0 Å². The molecule has 0 saturated carbocycles. The van der Waals surface area contributed by atoms with Gasteiger partial charge in [-0.1, -0.05) is 25.5 Å². The van der Waals surface area contributed by atoms with Gasteiger partial charge in [0.25, 0.3) is 5.89 Å². The standard InChI is InChI=1S/C25H33N7O2/c1-15(2)21-9-18(10-24-30-31-25(34-24)22-13-26-14-32(22)5)16(3)8-19(21)11-27-20-6-7-23(28-12-20)29-17(4)33/h6-8,12-15,18-19,21,27H,9-11H2,1-5H3,(H,28,29,33). The number of carbonyl (C=O) groups is 1. The van der Waals surface area contributed by atoms with Crippen molar-refractivity contribution in [2.75, 3.05) is 17.2 Å². The Hall–Kier alpha value is -3.49. The van der Waals surface area contributed by atoms with Crippen molar-refractivity contribution in [3.05, 3.63) is 48.4 Å². The first-order chi connectivity index (χ1) is 16.3. The Kier molecular flexibility index (Phi) is 7.09. The third kappa shape index (κ3) is 5.52. The van der Waals surface area contributed by atoms with Crippen molar-refractivity contribution in [3.8, 4) is 11.6 Å². The van der Waals surface area contributed by atoms with Gasteiger partial charge in [-0.05, 0) is 49.1 Å². The van der Waals surface area contributed by atoms with Gasteiger partial charge in [-0.25, -0.2) is 9.97 Å². The highest BCUT2D eigenvalue weighted by Crippen LogP contribution is 2.39. The van der Waals surface area contributed by atoms with Crippen molar-refractivity contribution in [3.63, 3.8) is 0 Å². The Balaban J connectivity index is 1.41. The molecule has 3 unspecified atom stereocenters. The summed E-state index contributed by atoms with van der Waals surface area (Å²) in [6.45, 7) is 9.10. The van der Waals surface area contributed by atoms with Crippen LogP contribution in [0.15, 0.2) is 46.9 Å². The number of carbonyl (C=O) groups excluding carboxylic acids is 1. The first-order valence-electron chi connectivity index (χ1n) is 11.7. The number of anilines is 2. The minimum absolute atomic E-state index is 0.126. The van der Waals surface area contributed by atoms with E-state index in [-0.39, 0.29) is 5.91 Å². The van der Waals surface area contributed by atoms with Crippen LogP contribution in [0.5, 0.6) is 0 Å². The molecule has 0 aromatic carbocycles. The first kappa shape index (κ1) is 23.7. The van der Waals surface area contributed by atoms with Crippen LogP contribution in [0.4, 0.5) is 11.5 Å². The number of hydrogen-bond donors (Lipinski definition) is 2. The number of aryl methyl sites for hydroxylation is 1. The van der Waals surface area contributed by atoms with Crippen LogP contribution >= 0.6 is 0 Å². The molecule has 1 aliphatic rings. The fourth-order valence-electron chi connectivity index (χ4n) is 4.71. The number of hydrogen-bond acceptors (Lipinski definition) is 7. The zero-order valence-electron chi connectivity index (χ0n) is 20.4. The second-order valence-corrected chi connectivity index (χ2v) is 9.50. The van der Waals surface area contributed by atoms with Gasteiger partial charge in [-0.2, -0.15) is 0 Å². The lowest BCUT2D eigenvalue weighted by Gasteiger charge is -2.37. The maximum Gasteiger partial charge on any atom is 0.265 e. The van der Waals surface area contributed by atoms with Gasteiger partial charge in [0.15, 0.2) is 0 Å². The Labute approximate surface area is 200 Å². The second-order valence-electron chi connectivity index (χ2n) is 9.50. The predicted octanol–water partition coefficient (Wildman–Crippen LogP) is 4.33. The molecule has 0 saturated heterocycles. The molecule has 9 nitrogen and oxygen atoms in total. The molecule has 3 aromatic heterocycles. The summed E-state index contributed by atoms with van der Waals surface area (Å²) in [7, 11) is 1.91. The lowest BCUT2D eigenvalue weighted by Crippen LogP contribution is -2.32. The minimum atomic E-state index is -0.126. The first-order valence-corrected chi connectivity index (χ1v) is 11.7. The van der Waals surface area contributed by atoms with Crippen molar-refractivity contribution in [2.24, 2.45) is 30.7 Å². The van der Waals surface area contributed by atoms with Crippen molar-refractivity contribution >= 4 is 17.4 Å². The van der Waals surface area contributed by atoms with E-state index in [9.17, 15) is 4.79 Å². The number of rotatable bonds is 8. The third-order valence-electron chi connectivity index (χ3n) is 6.62. The second kappa shape index (κ2) is 10.2. The molecule has 3 atom stereocenters. The maximum absolute atomic E-state index is 11.2. The maximum atomic E-state index is 11.2. The van der Waals surface area contributed by atoms with E-state index >= 15 is 0 Å². The summed E-state index contributed by atoms with van der Waals surface area (Å²) < 4.78 is 7.84. The number of nitrogens with one attached hydrogen (secondary N) is 2. The molecule has 3 aromatic rings.